The van der Waals surface area contributed by atoms with Gasteiger partial charge in [-0.25, -0.2) is 4.79 Å². The van der Waals surface area contributed by atoms with E-state index < -0.39 is 5.60 Å². The average Bonchev–Trinajstić information content (AvgIpc) is 4.02. The van der Waals surface area contributed by atoms with E-state index in [1.54, 1.807) is 36.8 Å². The summed E-state index contributed by atoms with van der Waals surface area (Å²) in [5.74, 6) is 2.53. The smallest absolute Gasteiger partial charge is 0.410 e. The second-order valence-electron chi connectivity index (χ2n) is 15.6. The summed E-state index contributed by atoms with van der Waals surface area (Å²) >= 11 is 1.54. The molecule has 1 aromatic carbocycles. The van der Waals surface area contributed by atoms with Crippen LogP contribution in [0.25, 0.3) is 0 Å². The topological polar surface area (TPSA) is 140 Å². The summed E-state index contributed by atoms with van der Waals surface area (Å²) in [6.45, 7) is 9.34. The summed E-state index contributed by atoms with van der Waals surface area (Å²) in [6.07, 6.45) is 8.42. The van der Waals surface area contributed by atoms with E-state index >= 15 is 0 Å². The molecular formula is C38H51N7O6S. The van der Waals surface area contributed by atoms with E-state index in [0.29, 0.717) is 66.4 Å². The van der Waals surface area contributed by atoms with Crippen molar-refractivity contribution in [3.8, 4) is 11.5 Å². The molecule has 3 atom stereocenters. The lowest BCUT2D eigenvalue weighted by molar-refractivity contribution is -0.117. The largest absolute Gasteiger partial charge is 0.497 e. The van der Waals surface area contributed by atoms with Crippen LogP contribution in [-0.2, 0) is 28.9 Å². The van der Waals surface area contributed by atoms with Crippen LogP contribution in [0.2, 0.25) is 0 Å². The Morgan fingerprint density at radius 2 is 1.85 bits per heavy atom. The zero-order chi connectivity index (χ0) is 36.7. The number of nitrogens with one attached hydrogen (secondary N) is 2. The van der Waals surface area contributed by atoms with Gasteiger partial charge >= 0.3 is 6.09 Å². The first-order chi connectivity index (χ1) is 24.9. The van der Waals surface area contributed by atoms with Crippen LogP contribution in [0.1, 0.15) is 98.6 Å². The molecule has 1 aliphatic heterocycles. The standard InChI is InChI=1S/C38H51N7O6S/c1-22-29(15-16-43(22)37(48)51-38(2,3)4)44(20-25-11-13-27(49-5)18-30(25)50-6)36-42-40-21-45(36)26-12-14-31-28(17-26)32(34(47)39-19-23-7-8-23)35(52-31)41-33(46)24-9-10-24/h11,13,18,21-24,26,29H,7-10,12,14-17,19-20H2,1-6H3,(H,39,47)(H,41,46)/t22?,26-,29?/m0/s1. The van der Waals surface area contributed by atoms with Crippen molar-refractivity contribution < 1.29 is 28.6 Å². The molecule has 52 heavy (non-hydrogen) atoms. The molecule has 2 aromatic heterocycles. The number of ether oxygens (including phenoxy) is 3. The summed E-state index contributed by atoms with van der Waals surface area (Å²) in [5.41, 5.74) is 1.93. The van der Waals surface area contributed by atoms with Crippen LogP contribution in [0.15, 0.2) is 24.5 Å². The van der Waals surface area contributed by atoms with Gasteiger partial charge in [-0.3, -0.25) is 14.2 Å². The molecule has 3 aliphatic carbocycles. The van der Waals surface area contributed by atoms with Gasteiger partial charge in [0.1, 0.15) is 28.4 Å². The SMILES string of the molecule is COc1ccc(CN(c2nncn2[C@H]2CCc3sc(NC(=O)C4CC4)c(C(=O)NCC4CC4)c3C2)C2CCN(C(=O)OC(C)(C)C)C2C)c(OC)c1. The maximum atomic E-state index is 13.8. The number of amides is 3. The number of benzene rings is 1. The van der Waals surface area contributed by atoms with Crippen molar-refractivity contribution in [2.24, 2.45) is 11.8 Å². The third-order valence-electron chi connectivity index (χ3n) is 10.7. The zero-order valence-electron chi connectivity index (χ0n) is 31.1. The van der Waals surface area contributed by atoms with E-state index in [4.69, 9.17) is 19.3 Å². The minimum absolute atomic E-state index is 0.00296. The van der Waals surface area contributed by atoms with Gasteiger partial charge in [0.05, 0.1) is 31.9 Å². The first kappa shape index (κ1) is 36.0. The highest BCUT2D eigenvalue weighted by molar-refractivity contribution is 7.17. The third-order valence-corrected chi connectivity index (χ3v) is 11.9. The number of thiophene rings is 1. The fraction of sp³-hybridized carbons (Fsp3) is 0.605. The second-order valence-corrected chi connectivity index (χ2v) is 16.7. The highest BCUT2D eigenvalue weighted by atomic mass is 32.1. The summed E-state index contributed by atoms with van der Waals surface area (Å²) in [6, 6.07) is 5.47. The fourth-order valence-corrected chi connectivity index (χ4v) is 8.70. The lowest BCUT2D eigenvalue weighted by Gasteiger charge is -2.36. The van der Waals surface area contributed by atoms with E-state index in [9.17, 15) is 14.4 Å². The number of hydrogen-bond acceptors (Lipinski definition) is 10. The molecule has 0 spiro atoms. The fourth-order valence-electron chi connectivity index (χ4n) is 7.46. The van der Waals surface area contributed by atoms with Gasteiger partial charge in [-0.05, 0) is 103 Å². The van der Waals surface area contributed by atoms with Gasteiger partial charge in [0.15, 0.2) is 0 Å². The number of aromatic nitrogens is 3. The first-order valence-electron chi connectivity index (χ1n) is 18.5. The maximum Gasteiger partial charge on any atom is 0.410 e. The monoisotopic (exact) mass is 733 g/mol. The minimum atomic E-state index is -0.610. The summed E-state index contributed by atoms with van der Waals surface area (Å²) in [7, 11) is 3.28. The van der Waals surface area contributed by atoms with Gasteiger partial charge in [0.2, 0.25) is 11.9 Å². The molecule has 4 aliphatic rings. The second kappa shape index (κ2) is 14.6. The molecule has 2 unspecified atom stereocenters. The Labute approximate surface area is 309 Å². The quantitative estimate of drug-likeness (QED) is 0.230. The summed E-state index contributed by atoms with van der Waals surface area (Å²) in [4.78, 5) is 45.2. The van der Waals surface area contributed by atoms with Crippen molar-refractivity contribution in [1.82, 2.24) is 25.0 Å². The molecule has 3 amide bonds. The predicted molar refractivity (Wildman–Crippen MR) is 198 cm³/mol. The lowest BCUT2D eigenvalue weighted by Crippen LogP contribution is -2.47. The number of carbonyl (C=O) groups excluding carboxylic acids is 3. The van der Waals surface area contributed by atoms with E-state index in [1.807, 2.05) is 39.0 Å². The normalized spacial score (nSPS) is 21.3. The van der Waals surface area contributed by atoms with Crippen LogP contribution in [0, 0.1) is 11.8 Å². The Morgan fingerprint density at radius 3 is 2.54 bits per heavy atom. The Hall–Kier alpha value is -4.33. The average molecular weight is 734 g/mol. The Morgan fingerprint density at radius 1 is 1.06 bits per heavy atom. The number of likely N-dealkylation sites (tertiary alicyclic amines) is 1. The van der Waals surface area contributed by atoms with E-state index in [1.165, 1.54) is 0 Å². The number of hydrogen-bond donors (Lipinski definition) is 2. The number of aryl methyl sites for hydroxylation is 1. The van der Waals surface area contributed by atoms with Crippen LogP contribution in [0.3, 0.4) is 0 Å². The molecule has 0 radical (unpaired) electrons. The van der Waals surface area contributed by atoms with Crippen molar-refractivity contribution in [2.45, 2.75) is 109 Å². The van der Waals surface area contributed by atoms with Gasteiger partial charge in [-0.15, -0.1) is 21.5 Å². The molecule has 280 valence electrons. The van der Waals surface area contributed by atoms with E-state index in [-0.39, 0.29) is 42.0 Å². The minimum Gasteiger partial charge on any atom is -0.497 e. The van der Waals surface area contributed by atoms with Gasteiger partial charge < -0.3 is 34.6 Å². The number of methoxy groups -OCH3 is 2. The number of rotatable bonds is 12. The maximum absolute atomic E-state index is 13.8. The number of carbonyl (C=O) groups is 3. The van der Waals surface area contributed by atoms with E-state index in [0.717, 1.165) is 54.5 Å². The number of fused-ring (bicyclic) bond motifs is 1. The van der Waals surface area contributed by atoms with Crippen LogP contribution >= 0.6 is 11.3 Å². The van der Waals surface area contributed by atoms with Crippen LogP contribution < -0.4 is 25.0 Å². The molecule has 13 nitrogen and oxygen atoms in total. The molecular weight excluding hydrogens is 683 g/mol. The van der Waals surface area contributed by atoms with Crippen molar-refractivity contribution in [2.75, 3.05) is 37.5 Å². The first-order valence-corrected chi connectivity index (χ1v) is 19.4. The number of nitrogens with zero attached hydrogens (tertiary/aromatic N) is 5. The van der Waals surface area contributed by atoms with Crippen molar-refractivity contribution in [1.29, 1.82) is 0 Å². The molecule has 3 heterocycles. The summed E-state index contributed by atoms with van der Waals surface area (Å²) < 4.78 is 19.2. The van der Waals surface area contributed by atoms with Crippen molar-refractivity contribution >= 4 is 40.2 Å². The van der Waals surface area contributed by atoms with Crippen LogP contribution in [0.4, 0.5) is 15.7 Å². The van der Waals surface area contributed by atoms with Crippen molar-refractivity contribution in [3.63, 3.8) is 0 Å². The molecule has 14 heteroatoms. The van der Waals surface area contributed by atoms with Crippen LogP contribution in [0.5, 0.6) is 11.5 Å². The molecule has 3 aromatic rings. The van der Waals surface area contributed by atoms with Crippen molar-refractivity contribution in [3.05, 3.63) is 46.1 Å². The molecule has 7 rings (SSSR count). The highest BCUT2D eigenvalue weighted by Crippen LogP contribution is 2.44. The van der Waals surface area contributed by atoms with Gasteiger partial charge in [0, 0.05) is 48.1 Å². The molecule has 0 bridgehead atoms. The number of anilines is 2. The Bertz CT molecular complexity index is 1810. The summed E-state index contributed by atoms with van der Waals surface area (Å²) in [5, 5.41) is 16.1. The van der Waals surface area contributed by atoms with E-state index in [2.05, 4.69) is 32.1 Å². The molecule has 2 N–H and O–H groups in total. The van der Waals surface area contributed by atoms with Gasteiger partial charge in [-0.2, -0.15) is 0 Å². The molecule has 1 saturated heterocycles. The molecule has 3 fully saturated rings. The van der Waals surface area contributed by atoms with Gasteiger partial charge in [-0.1, -0.05) is 0 Å². The lowest BCUT2D eigenvalue weighted by atomic mass is 9.91. The zero-order valence-corrected chi connectivity index (χ0v) is 31.9. The predicted octanol–water partition coefficient (Wildman–Crippen LogP) is 5.98. The Balaban J connectivity index is 1.21. The molecule has 2 saturated carbocycles. The van der Waals surface area contributed by atoms with Gasteiger partial charge in [0.25, 0.3) is 5.91 Å². The Kier molecular flexibility index (Phi) is 10.1. The van der Waals surface area contributed by atoms with Crippen LogP contribution in [-0.4, -0.2) is 82.6 Å². The third kappa shape index (κ3) is 7.72. The highest BCUT2D eigenvalue weighted by Gasteiger charge is 2.42.